The lowest BCUT2D eigenvalue weighted by Crippen LogP contribution is -2.18. The lowest BCUT2D eigenvalue weighted by Gasteiger charge is -2.20. The molecule has 21 heavy (non-hydrogen) atoms. The van der Waals surface area contributed by atoms with Crippen LogP contribution < -0.4 is 0 Å². The summed E-state index contributed by atoms with van der Waals surface area (Å²) in [6.07, 6.45) is 1.08. The summed E-state index contributed by atoms with van der Waals surface area (Å²) in [4.78, 5) is 4.53. The Morgan fingerprint density at radius 2 is 1.52 bits per heavy atom. The molecule has 0 unspecified atom stereocenters. The highest BCUT2D eigenvalue weighted by atomic mass is 15.1. The Morgan fingerprint density at radius 1 is 0.810 bits per heavy atom. The summed E-state index contributed by atoms with van der Waals surface area (Å²) in [6, 6.07) is 13.5. The molecule has 0 saturated carbocycles. The molecule has 0 saturated heterocycles. The first-order chi connectivity index (χ1) is 10.1. The monoisotopic (exact) mass is 280 g/mol. The summed E-state index contributed by atoms with van der Waals surface area (Å²) >= 11 is 0. The van der Waals surface area contributed by atoms with E-state index in [-0.39, 0.29) is 0 Å². The van der Waals surface area contributed by atoms with Crippen molar-refractivity contribution in [2.75, 3.05) is 28.2 Å². The van der Waals surface area contributed by atoms with E-state index in [1.54, 1.807) is 0 Å². The predicted molar refractivity (Wildman–Crippen MR) is 89.5 cm³/mol. The molecular weight excluding hydrogens is 256 g/mol. The number of rotatable bonds is 4. The van der Waals surface area contributed by atoms with Gasteiger partial charge in [-0.25, -0.2) is 0 Å². The molecule has 2 aromatic carbocycles. The topological polar surface area (TPSA) is 6.48 Å². The Kier molecular flexibility index (Phi) is 3.83. The Balaban J connectivity index is 2.11. The van der Waals surface area contributed by atoms with E-state index in [2.05, 4.69) is 74.4 Å². The van der Waals surface area contributed by atoms with Gasteiger partial charge in [-0.3, -0.25) is 0 Å². The number of fused-ring (bicyclic) bond motifs is 3. The number of benzene rings is 2. The first-order valence-corrected chi connectivity index (χ1v) is 7.57. The second kappa shape index (κ2) is 5.63. The Labute approximate surface area is 128 Å². The highest BCUT2D eigenvalue weighted by molar-refractivity contribution is 5.78. The van der Waals surface area contributed by atoms with Crippen LogP contribution in [0.3, 0.4) is 0 Å². The van der Waals surface area contributed by atoms with Gasteiger partial charge in [0.05, 0.1) is 0 Å². The predicted octanol–water partition coefficient (Wildman–Crippen LogP) is 3.38. The van der Waals surface area contributed by atoms with Gasteiger partial charge in [-0.05, 0) is 68.0 Å². The van der Waals surface area contributed by atoms with Crippen LogP contribution in [0, 0.1) is 0 Å². The molecule has 0 radical (unpaired) electrons. The summed E-state index contributed by atoms with van der Waals surface area (Å²) in [5.41, 5.74) is 8.83. The average Bonchev–Trinajstić information content (AvgIpc) is 2.79. The van der Waals surface area contributed by atoms with Gasteiger partial charge in [-0.2, -0.15) is 0 Å². The van der Waals surface area contributed by atoms with Crippen LogP contribution >= 0.6 is 0 Å². The number of hydrogen-bond acceptors (Lipinski definition) is 2. The van der Waals surface area contributed by atoms with Crippen molar-refractivity contribution >= 4 is 0 Å². The van der Waals surface area contributed by atoms with Crippen LogP contribution in [0.15, 0.2) is 36.4 Å². The average molecular weight is 280 g/mol. The maximum absolute atomic E-state index is 2.32. The second-order valence-corrected chi connectivity index (χ2v) is 6.54. The third-order valence-electron chi connectivity index (χ3n) is 4.16. The molecule has 0 amide bonds. The molecule has 2 nitrogen and oxygen atoms in total. The molecule has 1 aliphatic carbocycles. The fourth-order valence-corrected chi connectivity index (χ4v) is 3.33. The van der Waals surface area contributed by atoms with Gasteiger partial charge < -0.3 is 9.80 Å². The fourth-order valence-electron chi connectivity index (χ4n) is 3.33. The van der Waals surface area contributed by atoms with E-state index in [0.29, 0.717) is 0 Å². The van der Waals surface area contributed by atoms with E-state index in [1.165, 1.54) is 33.4 Å². The molecule has 2 aromatic rings. The van der Waals surface area contributed by atoms with E-state index in [1.807, 2.05) is 0 Å². The van der Waals surface area contributed by atoms with Crippen LogP contribution in [-0.4, -0.2) is 38.0 Å². The Morgan fingerprint density at radius 3 is 2.24 bits per heavy atom. The molecule has 0 N–H and O–H groups in total. The molecular formula is C19H24N2. The minimum Gasteiger partial charge on any atom is -0.305 e. The van der Waals surface area contributed by atoms with Crippen molar-refractivity contribution in [2.24, 2.45) is 0 Å². The van der Waals surface area contributed by atoms with Crippen LogP contribution in [0.5, 0.6) is 0 Å². The van der Waals surface area contributed by atoms with Crippen molar-refractivity contribution in [2.45, 2.75) is 19.5 Å². The smallest absolute Gasteiger partial charge is 0.0233 e. The molecule has 0 aromatic heterocycles. The van der Waals surface area contributed by atoms with Crippen molar-refractivity contribution < 1.29 is 0 Å². The number of hydrogen-bond donors (Lipinski definition) is 0. The summed E-state index contributed by atoms with van der Waals surface area (Å²) in [5, 5.41) is 0. The highest BCUT2D eigenvalue weighted by Gasteiger charge is 2.22. The van der Waals surface area contributed by atoms with Crippen molar-refractivity contribution in [3.05, 3.63) is 58.7 Å². The van der Waals surface area contributed by atoms with Crippen molar-refractivity contribution in [1.82, 2.24) is 9.80 Å². The van der Waals surface area contributed by atoms with Gasteiger partial charge in [0.15, 0.2) is 0 Å². The normalized spacial score (nSPS) is 12.9. The van der Waals surface area contributed by atoms with Crippen molar-refractivity contribution in [1.29, 1.82) is 0 Å². The van der Waals surface area contributed by atoms with Crippen LogP contribution in [0.4, 0.5) is 0 Å². The molecule has 110 valence electrons. The summed E-state index contributed by atoms with van der Waals surface area (Å²) in [7, 11) is 8.59. The molecule has 1 aliphatic rings. The van der Waals surface area contributed by atoms with Gasteiger partial charge in [0.2, 0.25) is 0 Å². The third kappa shape index (κ3) is 2.74. The molecule has 0 bridgehead atoms. The minimum atomic E-state index is 1.01. The van der Waals surface area contributed by atoms with E-state index < -0.39 is 0 Å². The van der Waals surface area contributed by atoms with Crippen molar-refractivity contribution in [3.63, 3.8) is 0 Å². The zero-order valence-electron chi connectivity index (χ0n) is 13.5. The van der Waals surface area contributed by atoms with E-state index in [0.717, 1.165) is 19.5 Å². The Hall–Kier alpha value is -1.64. The number of nitrogens with zero attached hydrogens (tertiary/aromatic N) is 2. The lowest BCUT2D eigenvalue weighted by atomic mass is 9.95. The minimum absolute atomic E-state index is 1.01. The van der Waals surface area contributed by atoms with Crippen LogP contribution in [-0.2, 0) is 19.5 Å². The van der Waals surface area contributed by atoms with Gasteiger partial charge in [0.1, 0.15) is 0 Å². The molecule has 0 spiro atoms. The van der Waals surface area contributed by atoms with Crippen LogP contribution in [0.2, 0.25) is 0 Å². The highest BCUT2D eigenvalue weighted by Crippen LogP contribution is 2.39. The first kappa shape index (κ1) is 14.3. The van der Waals surface area contributed by atoms with Gasteiger partial charge in [0.25, 0.3) is 0 Å². The van der Waals surface area contributed by atoms with Gasteiger partial charge in [-0.1, -0.05) is 36.4 Å². The first-order valence-electron chi connectivity index (χ1n) is 7.57. The molecule has 0 aliphatic heterocycles. The van der Waals surface area contributed by atoms with E-state index >= 15 is 0 Å². The quantitative estimate of drug-likeness (QED) is 0.723. The zero-order chi connectivity index (χ0) is 15.0. The van der Waals surface area contributed by atoms with Crippen LogP contribution in [0.1, 0.15) is 22.3 Å². The summed E-state index contributed by atoms with van der Waals surface area (Å²) < 4.78 is 0. The molecule has 2 heteroatoms. The second-order valence-electron chi connectivity index (χ2n) is 6.54. The van der Waals surface area contributed by atoms with Gasteiger partial charge in [-0.15, -0.1) is 0 Å². The molecule has 0 atom stereocenters. The standard InChI is InChI=1S/C19H24N2/c1-20(2)12-15-9-10-17-16-8-6-5-7-14(16)11-18(17)19(15)13-21(3)4/h5-10H,11-13H2,1-4H3. The van der Waals surface area contributed by atoms with E-state index in [9.17, 15) is 0 Å². The summed E-state index contributed by atoms with van der Waals surface area (Å²) in [6.45, 7) is 2.02. The zero-order valence-corrected chi connectivity index (χ0v) is 13.5. The molecule has 0 heterocycles. The Bertz CT molecular complexity index is 657. The van der Waals surface area contributed by atoms with Crippen molar-refractivity contribution in [3.8, 4) is 11.1 Å². The fraction of sp³-hybridized carbons (Fsp3) is 0.368. The largest absolute Gasteiger partial charge is 0.305 e. The van der Waals surface area contributed by atoms with Gasteiger partial charge >= 0.3 is 0 Å². The van der Waals surface area contributed by atoms with E-state index in [4.69, 9.17) is 0 Å². The molecule has 0 fully saturated rings. The lowest BCUT2D eigenvalue weighted by molar-refractivity contribution is 0.380. The van der Waals surface area contributed by atoms with Gasteiger partial charge in [0, 0.05) is 13.1 Å². The summed E-state index contributed by atoms with van der Waals surface area (Å²) in [5.74, 6) is 0. The molecule has 3 rings (SSSR count). The maximum Gasteiger partial charge on any atom is 0.0233 e. The SMILES string of the molecule is CN(C)Cc1ccc2c(c1CN(C)C)Cc1ccccc1-2. The third-order valence-corrected chi connectivity index (χ3v) is 4.16. The van der Waals surface area contributed by atoms with Crippen LogP contribution in [0.25, 0.3) is 11.1 Å². The maximum atomic E-state index is 2.32.